The zero-order valence-corrected chi connectivity index (χ0v) is 22.4. The van der Waals surface area contributed by atoms with Gasteiger partial charge in [0.25, 0.3) is 5.91 Å². The fourth-order valence-electron chi connectivity index (χ4n) is 3.62. The number of benzene rings is 1. The molecule has 3 aromatic rings. The third kappa shape index (κ3) is 6.16. The van der Waals surface area contributed by atoms with Gasteiger partial charge in [0.1, 0.15) is 5.56 Å². The Bertz CT molecular complexity index is 1430. The molecule has 3 rings (SSSR count). The molecule has 1 aromatic carbocycles. The molecule has 0 aliphatic carbocycles. The lowest BCUT2D eigenvalue weighted by atomic mass is 10.1. The molecule has 0 aliphatic heterocycles. The van der Waals surface area contributed by atoms with Crippen LogP contribution in [0.3, 0.4) is 0 Å². The number of nitrogens with one attached hydrogen (secondary N) is 1. The number of carbonyl (C=O) groups is 1. The summed E-state index contributed by atoms with van der Waals surface area (Å²) in [5.41, 5.74) is -1.62. The van der Waals surface area contributed by atoms with Gasteiger partial charge in [-0.3, -0.25) is 9.78 Å². The molecule has 0 fully saturated rings. The smallest absolute Gasteiger partial charge is 0.420 e. The minimum Gasteiger partial charge on any atom is -0.437 e. The number of aliphatic hydroxyl groups is 1. The maximum absolute atomic E-state index is 13.8. The number of ether oxygens (including phenoxy) is 1. The fraction of sp³-hybridized carbons (Fsp3) is 0.400. The lowest BCUT2D eigenvalue weighted by Crippen LogP contribution is -2.26. The summed E-state index contributed by atoms with van der Waals surface area (Å²) in [7, 11) is -3.36. The van der Waals surface area contributed by atoms with Crippen LogP contribution in [0.5, 0.6) is 11.6 Å². The van der Waals surface area contributed by atoms with Crippen molar-refractivity contribution in [2.45, 2.75) is 64.4 Å². The summed E-state index contributed by atoms with van der Waals surface area (Å²) in [5, 5.41) is 16.4. The zero-order chi connectivity index (χ0) is 28.5. The predicted octanol–water partition coefficient (Wildman–Crippen LogP) is 4.37. The maximum Gasteiger partial charge on any atom is 0.420 e. The standard InChI is InChI=1S/C25H29F3N4O5S/c1-6-38(35,36)18-9-7-16(8-10-18)11-30-22(34)21-15(2)23(32(31-21)24(3,4)5)37-19-13-29-12-17(14-33)20(19)25(26,27)28/h7-10,12-13,33H,6,11,14H2,1-5H3,(H,30,34). The van der Waals surface area contributed by atoms with Gasteiger partial charge in [-0.15, -0.1) is 0 Å². The van der Waals surface area contributed by atoms with Gasteiger partial charge < -0.3 is 15.2 Å². The molecular formula is C25H29F3N4O5S. The number of hydrogen-bond donors (Lipinski definition) is 2. The van der Waals surface area contributed by atoms with Crippen molar-refractivity contribution >= 4 is 15.7 Å². The summed E-state index contributed by atoms with van der Waals surface area (Å²) in [6, 6.07) is 6.08. The van der Waals surface area contributed by atoms with Gasteiger partial charge >= 0.3 is 6.18 Å². The molecule has 38 heavy (non-hydrogen) atoms. The van der Waals surface area contributed by atoms with Crippen molar-refractivity contribution < 1.29 is 36.2 Å². The average molecular weight is 555 g/mol. The van der Waals surface area contributed by atoms with E-state index in [4.69, 9.17) is 4.74 Å². The second-order valence-corrected chi connectivity index (χ2v) is 11.8. The summed E-state index contributed by atoms with van der Waals surface area (Å²) >= 11 is 0. The monoisotopic (exact) mass is 554 g/mol. The van der Waals surface area contributed by atoms with Crippen LogP contribution in [0.15, 0.2) is 41.6 Å². The normalized spacial score (nSPS) is 12.4. The number of alkyl halides is 3. The van der Waals surface area contributed by atoms with Gasteiger partial charge in [0.2, 0.25) is 5.88 Å². The van der Waals surface area contributed by atoms with E-state index in [-0.39, 0.29) is 34.3 Å². The Morgan fingerprint density at radius 3 is 2.29 bits per heavy atom. The molecule has 2 aromatic heterocycles. The first kappa shape index (κ1) is 29.1. The number of aliphatic hydroxyl groups excluding tert-OH is 1. The second kappa shape index (κ2) is 10.7. The van der Waals surface area contributed by atoms with Gasteiger partial charge in [0, 0.05) is 23.9 Å². The predicted molar refractivity (Wildman–Crippen MR) is 133 cm³/mol. The Morgan fingerprint density at radius 2 is 1.76 bits per heavy atom. The molecule has 0 saturated heterocycles. The third-order valence-electron chi connectivity index (χ3n) is 5.68. The van der Waals surface area contributed by atoms with Crippen molar-refractivity contribution in [1.82, 2.24) is 20.1 Å². The molecule has 2 N–H and O–H groups in total. The number of rotatable bonds is 8. The van der Waals surface area contributed by atoms with Crippen LogP contribution in [-0.2, 0) is 34.7 Å². The van der Waals surface area contributed by atoms with Gasteiger partial charge in [0.05, 0.1) is 29.0 Å². The minimum absolute atomic E-state index is 0.0337. The molecule has 0 atom stereocenters. The number of carbonyl (C=O) groups excluding carboxylic acids is 1. The van der Waals surface area contributed by atoms with E-state index in [1.165, 1.54) is 23.7 Å². The van der Waals surface area contributed by atoms with Crippen LogP contribution in [0, 0.1) is 6.92 Å². The Labute approximate surface area is 218 Å². The van der Waals surface area contributed by atoms with Crippen molar-refractivity contribution in [3.8, 4) is 11.6 Å². The van der Waals surface area contributed by atoms with Crippen LogP contribution in [-0.4, -0.2) is 39.9 Å². The van der Waals surface area contributed by atoms with Crippen LogP contribution in [0.25, 0.3) is 0 Å². The Kier molecular flexibility index (Phi) is 8.22. The zero-order valence-electron chi connectivity index (χ0n) is 21.5. The summed E-state index contributed by atoms with van der Waals surface area (Å²) in [4.78, 5) is 16.9. The van der Waals surface area contributed by atoms with Crippen molar-refractivity contribution in [3.63, 3.8) is 0 Å². The topological polar surface area (TPSA) is 123 Å². The SMILES string of the molecule is CCS(=O)(=O)c1ccc(CNC(=O)c2nn(C(C)(C)C)c(Oc3cncc(CO)c3C(F)(F)F)c2C)cc1. The summed E-state index contributed by atoms with van der Waals surface area (Å²) in [6.45, 7) is 7.44. The van der Waals surface area contributed by atoms with Crippen LogP contribution >= 0.6 is 0 Å². The average Bonchev–Trinajstić information content (AvgIpc) is 3.18. The van der Waals surface area contributed by atoms with E-state index in [9.17, 15) is 31.5 Å². The van der Waals surface area contributed by atoms with Gasteiger partial charge in [-0.2, -0.15) is 18.3 Å². The molecule has 2 heterocycles. The van der Waals surface area contributed by atoms with E-state index in [1.807, 2.05) is 0 Å². The van der Waals surface area contributed by atoms with E-state index in [1.54, 1.807) is 39.8 Å². The van der Waals surface area contributed by atoms with Crippen LogP contribution in [0.1, 0.15) is 60.4 Å². The van der Waals surface area contributed by atoms with Crippen LogP contribution in [0.4, 0.5) is 13.2 Å². The fourth-order valence-corrected chi connectivity index (χ4v) is 4.51. The van der Waals surface area contributed by atoms with Gasteiger partial charge in [0.15, 0.2) is 21.3 Å². The van der Waals surface area contributed by atoms with Crippen molar-refractivity contribution in [3.05, 3.63) is 64.6 Å². The first-order valence-electron chi connectivity index (χ1n) is 11.6. The minimum atomic E-state index is -4.83. The largest absolute Gasteiger partial charge is 0.437 e. The first-order valence-corrected chi connectivity index (χ1v) is 13.3. The van der Waals surface area contributed by atoms with Crippen LogP contribution in [0.2, 0.25) is 0 Å². The van der Waals surface area contributed by atoms with Crippen molar-refractivity contribution in [1.29, 1.82) is 0 Å². The lowest BCUT2D eigenvalue weighted by molar-refractivity contribution is -0.139. The number of nitrogens with zero attached hydrogens (tertiary/aromatic N) is 3. The lowest BCUT2D eigenvalue weighted by Gasteiger charge is -2.23. The highest BCUT2D eigenvalue weighted by Gasteiger charge is 2.38. The van der Waals surface area contributed by atoms with Gasteiger partial charge in [-0.05, 0) is 45.4 Å². The summed E-state index contributed by atoms with van der Waals surface area (Å²) in [5.74, 6) is -1.35. The Morgan fingerprint density at radius 1 is 1.13 bits per heavy atom. The Hall–Kier alpha value is -3.45. The molecule has 0 aliphatic rings. The number of aromatic nitrogens is 3. The number of halogens is 3. The van der Waals surface area contributed by atoms with E-state index < -0.39 is 50.9 Å². The van der Waals surface area contributed by atoms with Gasteiger partial charge in [-0.25, -0.2) is 13.1 Å². The highest BCUT2D eigenvalue weighted by molar-refractivity contribution is 7.91. The molecule has 13 heteroatoms. The van der Waals surface area contributed by atoms with Gasteiger partial charge in [-0.1, -0.05) is 19.1 Å². The molecule has 1 amide bonds. The molecule has 0 radical (unpaired) electrons. The van der Waals surface area contributed by atoms with Crippen LogP contribution < -0.4 is 10.1 Å². The van der Waals surface area contributed by atoms with E-state index in [2.05, 4.69) is 15.4 Å². The maximum atomic E-state index is 13.8. The first-order chi connectivity index (χ1) is 17.6. The molecule has 0 saturated carbocycles. The Balaban J connectivity index is 1.93. The molecular weight excluding hydrogens is 525 g/mol. The molecule has 0 unspecified atom stereocenters. The number of pyridine rings is 1. The number of sulfone groups is 1. The molecule has 206 valence electrons. The molecule has 0 spiro atoms. The highest BCUT2D eigenvalue weighted by Crippen LogP contribution is 2.41. The van der Waals surface area contributed by atoms with Crippen molar-refractivity contribution in [2.24, 2.45) is 0 Å². The quantitative estimate of drug-likeness (QED) is 0.424. The van der Waals surface area contributed by atoms with Crippen molar-refractivity contribution in [2.75, 3.05) is 5.75 Å². The van der Waals surface area contributed by atoms with E-state index in [0.29, 0.717) is 5.56 Å². The number of amides is 1. The number of hydrogen-bond acceptors (Lipinski definition) is 7. The van der Waals surface area contributed by atoms with E-state index >= 15 is 0 Å². The molecule has 0 bridgehead atoms. The van der Waals surface area contributed by atoms with E-state index in [0.717, 1.165) is 12.4 Å². The second-order valence-electron chi connectivity index (χ2n) is 9.52. The third-order valence-corrected chi connectivity index (χ3v) is 7.44. The summed E-state index contributed by atoms with van der Waals surface area (Å²) in [6.07, 6.45) is -3.03. The molecule has 9 nitrogen and oxygen atoms in total. The highest BCUT2D eigenvalue weighted by atomic mass is 32.2. The summed E-state index contributed by atoms with van der Waals surface area (Å²) < 4.78 is 72.4.